The van der Waals surface area contributed by atoms with Crippen molar-refractivity contribution < 1.29 is 5.11 Å². The van der Waals surface area contributed by atoms with Gasteiger partial charge in [0.05, 0.1) is 5.60 Å². The molecular weight excluding hydrogens is 282 g/mol. The molecule has 2 aromatic carbocycles. The molecule has 0 bridgehead atoms. The third-order valence-corrected chi connectivity index (χ3v) is 5.15. The lowest BCUT2D eigenvalue weighted by molar-refractivity contribution is -0.0783. The van der Waals surface area contributed by atoms with Gasteiger partial charge in [0.2, 0.25) is 0 Å². The fourth-order valence-corrected chi connectivity index (χ4v) is 4.25. The van der Waals surface area contributed by atoms with Crippen molar-refractivity contribution in [3.05, 3.63) is 71.8 Å². The first-order valence-corrected chi connectivity index (χ1v) is 8.57. The predicted octanol–water partition coefficient (Wildman–Crippen LogP) is 4.49. The minimum atomic E-state index is -0.694. The SMILES string of the molecule is CC(C)[C@@H]1[C@H](c2ccccc2)N[C@H](c2ccccc2)C[C@@]1(C)O. The molecule has 1 fully saturated rings. The van der Waals surface area contributed by atoms with Crippen molar-refractivity contribution in [3.63, 3.8) is 0 Å². The first kappa shape index (κ1) is 16.2. The molecule has 4 atom stereocenters. The second-order valence-corrected chi connectivity index (χ2v) is 7.35. The highest BCUT2D eigenvalue weighted by atomic mass is 16.3. The average molecular weight is 309 g/mol. The van der Waals surface area contributed by atoms with E-state index in [9.17, 15) is 5.11 Å². The molecule has 0 aliphatic carbocycles. The van der Waals surface area contributed by atoms with E-state index in [-0.39, 0.29) is 18.0 Å². The van der Waals surface area contributed by atoms with E-state index >= 15 is 0 Å². The van der Waals surface area contributed by atoms with E-state index in [1.807, 2.05) is 19.1 Å². The van der Waals surface area contributed by atoms with Gasteiger partial charge in [0.1, 0.15) is 0 Å². The number of hydrogen-bond donors (Lipinski definition) is 2. The predicted molar refractivity (Wildman–Crippen MR) is 95.1 cm³/mol. The van der Waals surface area contributed by atoms with Gasteiger partial charge in [-0.2, -0.15) is 0 Å². The van der Waals surface area contributed by atoms with E-state index in [4.69, 9.17) is 0 Å². The number of rotatable bonds is 3. The minimum absolute atomic E-state index is 0.158. The number of aliphatic hydroxyl groups is 1. The van der Waals surface area contributed by atoms with Gasteiger partial charge in [-0.15, -0.1) is 0 Å². The fraction of sp³-hybridized carbons (Fsp3) is 0.429. The summed E-state index contributed by atoms with van der Waals surface area (Å²) in [4.78, 5) is 0. The summed E-state index contributed by atoms with van der Waals surface area (Å²) < 4.78 is 0. The zero-order valence-electron chi connectivity index (χ0n) is 14.2. The first-order valence-electron chi connectivity index (χ1n) is 8.57. The normalized spacial score (nSPS) is 31.3. The molecule has 3 rings (SSSR count). The molecule has 1 saturated heterocycles. The van der Waals surface area contributed by atoms with E-state index in [1.54, 1.807) is 0 Å². The summed E-state index contributed by atoms with van der Waals surface area (Å²) in [7, 11) is 0. The quantitative estimate of drug-likeness (QED) is 0.876. The molecule has 23 heavy (non-hydrogen) atoms. The highest BCUT2D eigenvalue weighted by Crippen LogP contribution is 2.46. The molecule has 1 aliphatic heterocycles. The molecule has 0 radical (unpaired) electrons. The maximum absolute atomic E-state index is 11.2. The highest BCUT2D eigenvalue weighted by Gasteiger charge is 2.46. The van der Waals surface area contributed by atoms with Crippen LogP contribution in [-0.4, -0.2) is 10.7 Å². The first-order chi connectivity index (χ1) is 11.0. The lowest BCUT2D eigenvalue weighted by Crippen LogP contribution is -2.53. The molecule has 0 unspecified atom stereocenters. The lowest BCUT2D eigenvalue weighted by Gasteiger charge is -2.49. The van der Waals surface area contributed by atoms with Gasteiger partial charge >= 0.3 is 0 Å². The molecular formula is C21H27NO. The number of piperidine rings is 1. The van der Waals surface area contributed by atoms with Gasteiger partial charge in [-0.05, 0) is 30.4 Å². The fourth-order valence-electron chi connectivity index (χ4n) is 4.25. The van der Waals surface area contributed by atoms with Crippen LogP contribution in [0.15, 0.2) is 60.7 Å². The van der Waals surface area contributed by atoms with Crippen molar-refractivity contribution in [2.75, 3.05) is 0 Å². The van der Waals surface area contributed by atoms with Crippen LogP contribution in [0.3, 0.4) is 0 Å². The van der Waals surface area contributed by atoms with Crippen LogP contribution in [0.2, 0.25) is 0 Å². The maximum Gasteiger partial charge on any atom is 0.0686 e. The second kappa shape index (κ2) is 6.46. The smallest absolute Gasteiger partial charge is 0.0686 e. The number of hydrogen-bond acceptors (Lipinski definition) is 2. The molecule has 1 aliphatic rings. The van der Waals surface area contributed by atoms with E-state index in [0.29, 0.717) is 5.92 Å². The Labute approximate surface area is 139 Å². The van der Waals surface area contributed by atoms with Crippen molar-refractivity contribution in [1.29, 1.82) is 0 Å². The Morgan fingerprint density at radius 1 is 0.957 bits per heavy atom. The number of nitrogens with one attached hydrogen (secondary N) is 1. The summed E-state index contributed by atoms with van der Waals surface area (Å²) in [5.74, 6) is 0.587. The molecule has 2 heteroatoms. The van der Waals surface area contributed by atoms with Crippen LogP contribution in [0, 0.1) is 11.8 Å². The third kappa shape index (κ3) is 3.34. The van der Waals surface area contributed by atoms with Crippen LogP contribution in [0.25, 0.3) is 0 Å². The Bertz CT molecular complexity index is 621. The molecule has 2 N–H and O–H groups in total. The summed E-state index contributed by atoms with van der Waals surface area (Å²) in [5.41, 5.74) is 1.81. The third-order valence-electron chi connectivity index (χ3n) is 5.15. The number of benzene rings is 2. The zero-order valence-corrected chi connectivity index (χ0v) is 14.2. The van der Waals surface area contributed by atoms with Crippen LogP contribution in [0.1, 0.15) is 50.4 Å². The van der Waals surface area contributed by atoms with Crippen LogP contribution < -0.4 is 5.32 Å². The Hall–Kier alpha value is -1.64. The Morgan fingerprint density at radius 3 is 2.00 bits per heavy atom. The van der Waals surface area contributed by atoms with Crippen LogP contribution in [0.4, 0.5) is 0 Å². The molecule has 1 heterocycles. The van der Waals surface area contributed by atoms with E-state index in [0.717, 1.165) is 6.42 Å². The molecule has 0 spiro atoms. The van der Waals surface area contributed by atoms with Crippen molar-refractivity contribution in [3.8, 4) is 0 Å². The summed E-state index contributed by atoms with van der Waals surface area (Å²) in [5, 5.41) is 15.0. The summed E-state index contributed by atoms with van der Waals surface area (Å²) >= 11 is 0. The van der Waals surface area contributed by atoms with Crippen LogP contribution >= 0.6 is 0 Å². The molecule has 122 valence electrons. The standard InChI is InChI=1S/C21H27NO/c1-15(2)19-20(17-12-8-5-9-13-17)22-18(14-21(19,3)23)16-10-6-4-7-11-16/h4-13,15,18-20,22-23H,14H2,1-3H3/t18-,19+,20-,21+/m0/s1. The van der Waals surface area contributed by atoms with Crippen molar-refractivity contribution in [2.24, 2.45) is 11.8 Å². The van der Waals surface area contributed by atoms with Crippen molar-refractivity contribution >= 4 is 0 Å². The van der Waals surface area contributed by atoms with Gasteiger partial charge in [-0.1, -0.05) is 74.5 Å². The van der Waals surface area contributed by atoms with E-state index < -0.39 is 5.60 Å². The van der Waals surface area contributed by atoms with Crippen molar-refractivity contribution in [1.82, 2.24) is 5.32 Å². The van der Waals surface area contributed by atoms with Gasteiger partial charge in [0, 0.05) is 18.0 Å². The van der Waals surface area contributed by atoms with Gasteiger partial charge in [0.25, 0.3) is 0 Å². The van der Waals surface area contributed by atoms with Gasteiger partial charge in [-0.25, -0.2) is 0 Å². The van der Waals surface area contributed by atoms with Crippen molar-refractivity contribution in [2.45, 2.75) is 44.9 Å². The Balaban J connectivity index is 1.99. The minimum Gasteiger partial charge on any atom is -0.390 e. The zero-order chi connectivity index (χ0) is 16.4. The topological polar surface area (TPSA) is 32.3 Å². The molecule has 2 aromatic rings. The molecule has 2 nitrogen and oxygen atoms in total. The van der Waals surface area contributed by atoms with Gasteiger partial charge in [0.15, 0.2) is 0 Å². The molecule has 0 saturated carbocycles. The van der Waals surface area contributed by atoms with Gasteiger partial charge in [-0.3, -0.25) is 0 Å². The highest BCUT2D eigenvalue weighted by molar-refractivity contribution is 5.26. The van der Waals surface area contributed by atoms with E-state index in [1.165, 1.54) is 11.1 Å². The van der Waals surface area contributed by atoms with Gasteiger partial charge < -0.3 is 10.4 Å². The van der Waals surface area contributed by atoms with Crippen LogP contribution in [-0.2, 0) is 0 Å². The average Bonchev–Trinajstić information content (AvgIpc) is 2.54. The molecule has 0 amide bonds. The Kier molecular flexibility index (Phi) is 4.56. The second-order valence-electron chi connectivity index (χ2n) is 7.35. The summed E-state index contributed by atoms with van der Waals surface area (Å²) in [6, 6.07) is 21.3. The molecule has 0 aromatic heterocycles. The van der Waals surface area contributed by atoms with E-state index in [2.05, 4.69) is 67.7 Å². The Morgan fingerprint density at radius 2 is 1.48 bits per heavy atom. The maximum atomic E-state index is 11.2. The summed E-state index contributed by atoms with van der Waals surface area (Å²) in [6.07, 6.45) is 0.739. The lowest BCUT2D eigenvalue weighted by atomic mass is 9.67. The monoisotopic (exact) mass is 309 g/mol. The largest absolute Gasteiger partial charge is 0.390 e. The van der Waals surface area contributed by atoms with Crippen LogP contribution in [0.5, 0.6) is 0 Å². The summed E-state index contributed by atoms with van der Waals surface area (Å²) in [6.45, 7) is 6.42.